The maximum atomic E-state index is 11.3. The van der Waals surface area contributed by atoms with Crippen molar-refractivity contribution in [2.24, 2.45) is 0 Å². The van der Waals surface area contributed by atoms with Gasteiger partial charge in [0.2, 0.25) is 0 Å². The Balaban J connectivity index is 1.55. The molecule has 1 saturated heterocycles. The Morgan fingerprint density at radius 3 is 2.82 bits per heavy atom. The highest BCUT2D eigenvalue weighted by molar-refractivity contribution is 7.91. The minimum absolute atomic E-state index is 0.174. The van der Waals surface area contributed by atoms with E-state index >= 15 is 0 Å². The summed E-state index contributed by atoms with van der Waals surface area (Å²) in [7, 11) is -2.76. The van der Waals surface area contributed by atoms with E-state index in [9.17, 15) is 8.42 Å². The highest BCUT2D eigenvalue weighted by atomic mass is 32.2. The second kappa shape index (κ2) is 4.10. The second-order valence-electron chi connectivity index (χ2n) is 5.11. The first-order valence-electron chi connectivity index (χ1n) is 6.16. The Morgan fingerprint density at radius 2 is 2.12 bits per heavy atom. The predicted octanol–water partition coefficient (Wildman–Crippen LogP) is 1.10. The summed E-state index contributed by atoms with van der Waals surface area (Å²) < 4.78 is 22.7. The Bertz CT molecular complexity index is 524. The summed E-state index contributed by atoms with van der Waals surface area (Å²) in [6, 6.07) is 8.67. The summed E-state index contributed by atoms with van der Waals surface area (Å²) in [5, 5.41) is 3.40. The molecule has 0 radical (unpaired) electrons. The molecule has 1 aromatic rings. The van der Waals surface area contributed by atoms with Crippen molar-refractivity contribution in [1.29, 1.82) is 0 Å². The Morgan fingerprint density at radius 1 is 1.29 bits per heavy atom. The third kappa shape index (κ3) is 2.24. The monoisotopic (exact) mass is 251 g/mol. The third-order valence-electron chi connectivity index (χ3n) is 3.85. The van der Waals surface area contributed by atoms with Gasteiger partial charge in [-0.25, -0.2) is 8.42 Å². The van der Waals surface area contributed by atoms with Crippen LogP contribution in [-0.2, 0) is 16.3 Å². The van der Waals surface area contributed by atoms with Gasteiger partial charge in [-0.15, -0.1) is 0 Å². The molecule has 2 atom stereocenters. The fraction of sp³-hybridized carbons (Fsp3) is 0.538. The smallest absolute Gasteiger partial charge is 0.151 e. The van der Waals surface area contributed by atoms with Crippen molar-refractivity contribution in [2.45, 2.75) is 24.8 Å². The standard InChI is InChI=1S/C13H17NO2S/c15-17(16)6-5-12(9-17)14-8-11-7-10-3-1-2-4-13(10)11/h1-4,11-12,14H,5-9H2. The normalized spacial score (nSPS) is 29.6. The van der Waals surface area contributed by atoms with Crippen molar-refractivity contribution in [1.82, 2.24) is 5.32 Å². The van der Waals surface area contributed by atoms with Crippen LogP contribution in [0.1, 0.15) is 23.5 Å². The molecule has 1 N–H and O–H groups in total. The van der Waals surface area contributed by atoms with Crippen molar-refractivity contribution in [3.05, 3.63) is 35.4 Å². The largest absolute Gasteiger partial charge is 0.312 e. The van der Waals surface area contributed by atoms with Crippen LogP contribution in [0.3, 0.4) is 0 Å². The molecule has 4 heteroatoms. The molecule has 1 heterocycles. The van der Waals surface area contributed by atoms with Crippen LogP contribution in [-0.4, -0.2) is 32.5 Å². The van der Waals surface area contributed by atoms with E-state index in [0.29, 0.717) is 17.4 Å². The first-order chi connectivity index (χ1) is 8.14. The van der Waals surface area contributed by atoms with Crippen molar-refractivity contribution in [2.75, 3.05) is 18.1 Å². The lowest BCUT2D eigenvalue weighted by Crippen LogP contribution is -2.36. The van der Waals surface area contributed by atoms with Crippen LogP contribution in [0, 0.1) is 0 Å². The second-order valence-corrected chi connectivity index (χ2v) is 7.34. The van der Waals surface area contributed by atoms with Gasteiger partial charge in [-0.1, -0.05) is 24.3 Å². The van der Waals surface area contributed by atoms with Gasteiger partial charge >= 0.3 is 0 Å². The molecule has 0 saturated carbocycles. The minimum atomic E-state index is -2.76. The highest BCUT2D eigenvalue weighted by Gasteiger charge is 2.30. The molecule has 0 aromatic heterocycles. The first-order valence-corrected chi connectivity index (χ1v) is 7.98. The Kier molecular flexibility index (Phi) is 2.71. The number of hydrogen-bond donors (Lipinski definition) is 1. The van der Waals surface area contributed by atoms with Gasteiger partial charge in [0.15, 0.2) is 9.84 Å². The van der Waals surface area contributed by atoms with E-state index in [0.717, 1.165) is 19.4 Å². The lowest BCUT2D eigenvalue weighted by Gasteiger charge is -2.31. The molecule has 2 aliphatic rings. The number of nitrogens with one attached hydrogen (secondary N) is 1. The molecule has 1 fully saturated rings. The summed E-state index contributed by atoms with van der Waals surface area (Å²) in [6.45, 7) is 0.914. The molecule has 0 spiro atoms. The van der Waals surface area contributed by atoms with Crippen LogP contribution in [0.2, 0.25) is 0 Å². The highest BCUT2D eigenvalue weighted by Crippen LogP contribution is 2.34. The van der Waals surface area contributed by atoms with Crippen LogP contribution in [0.25, 0.3) is 0 Å². The summed E-state index contributed by atoms with van der Waals surface area (Å²) in [4.78, 5) is 0. The van der Waals surface area contributed by atoms with Gasteiger partial charge in [0.1, 0.15) is 0 Å². The number of benzene rings is 1. The minimum Gasteiger partial charge on any atom is -0.312 e. The van der Waals surface area contributed by atoms with E-state index < -0.39 is 9.84 Å². The van der Waals surface area contributed by atoms with Crippen molar-refractivity contribution >= 4 is 9.84 Å². The Labute approximate surface area is 102 Å². The van der Waals surface area contributed by atoms with Crippen molar-refractivity contribution < 1.29 is 8.42 Å². The van der Waals surface area contributed by atoms with Gasteiger partial charge < -0.3 is 5.32 Å². The number of sulfone groups is 1. The molecule has 92 valence electrons. The summed E-state index contributed by atoms with van der Waals surface area (Å²) in [5.41, 5.74) is 2.87. The molecule has 0 bridgehead atoms. The molecule has 17 heavy (non-hydrogen) atoms. The molecule has 3 rings (SSSR count). The fourth-order valence-electron chi connectivity index (χ4n) is 2.81. The van der Waals surface area contributed by atoms with E-state index in [-0.39, 0.29) is 6.04 Å². The van der Waals surface area contributed by atoms with Gasteiger partial charge in [0, 0.05) is 18.5 Å². The zero-order valence-electron chi connectivity index (χ0n) is 9.72. The van der Waals surface area contributed by atoms with Crippen LogP contribution in [0.4, 0.5) is 0 Å². The molecule has 1 aromatic carbocycles. The molecule has 0 amide bonds. The molecular weight excluding hydrogens is 234 g/mol. The lowest BCUT2D eigenvalue weighted by molar-refractivity contribution is 0.482. The molecule has 2 unspecified atom stereocenters. The molecular formula is C13H17NO2S. The van der Waals surface area contributed by atoms with Gasteiger partial charge in [0.25, 0.3) is 0 Å². The van der Waals surface area contributed by atoms with E-state index in [1.165, 1.54) is 11.1 Å². The number of rotatable bonds is 3. The van der Waals surface area contributed by atoms with Gasteiger partial charge in [0.05, 0.1) is 11.5 Å². The SMILES string of the molecule is O=S1(=O)CCC(NCC2Cc3ccccc32)C1. The lowest BCUT2D eigenvalue weighted by atomic mass is 9.77. The van der Waals surface area contributed by atoms with Crippen LogP contribution < -0.4 is 5.32 Å². The maximum absolute atomic E-state index is 11.3. The maximum Gasteiger partial charge on any atom is 0.151 e. The van der Waals surface area contributed by atoms with Crippen LogP contribution in [0.5, 0.6) is 0 Å². The summed E-state index contributed by atoms with van der Waals surface area (Å²) in [5.74, 6) is 1.25. The fourth-order valence-corrected chi connectivity index (χ4v) is 4.52. The van der Waals surface area contributed by atoms with E-state index in [2.05, 4.69) is 29.6 Å². The van der Waals surface area contributed by atoms with Gasteiger partial charge in [-0.05, 0) is 24.0 Å². The average Bonchev–Trinajstić information content (AvgIpc) is 2.60. The van der Waals surface area contributed by atoms with Crippen LogP contribution in [0.15, 0.2) is 24.3 Å². The third-order valence-corrected chi connectivity index (χ3v) is 5.61. The van der Waals surface area contributed by atoms with E-state index in [1.807, 2.05) is 0 Å². The van der Waals surface area contributed by atoms with Gasteiger partial charge in [-0.2, -0.15) is 0 Å². The summed E-state index contributed by atoms with van der Waals surface area (Å²) >= 11 is 0. The van der Waals surface area contributed by atoms with Crippen molar-refractivity contribution in [3.8, 4) is 0 Å². The van der Waals surface area contributed by atoms with Gasteiger partial charge in [-0.3, -0.25) is 0 Å². The van der Waals surface area contributed by atoms with E-state index in [1.54, 1.807) is 0 Å². The quantitative estimate of drug-likeness (QED) is 0.875. The zero-order valence-corrected chi connectivity index (χ0v) is 10.5. The van der Waals surface area contributed by atoms with Crippen molar-refractivity contribution in [3.63, 3.8) is 0 Å². The summed E-state index contributed by atoms with van der Waals surface area (Å²) in [6.07, 6.45) is 1.90. The molecule has 3 nitrogen and oxygen atoms in total. The Hall–Kier alpha value is -0.870. The van der Waals surface area contributed by atoms with Crippen LogP contribution >= 0.6 is 0 Å². The number of fused-ring (bicyclic) bond motifs is 1. The zero-order chi connectivity index (χ0) is 11.9. The molecule has 1 aliphatic carbocycles. The predicted molar refractivity (Wildman–Crippen MR) is 67.9 cm³/mol. The molecule has 1 aliphatic heterocycles. The average molecular weight is 251 g/mol. The van der Waals surface area contributed by atoms with E-state index in [4.69, 9.17) is 0 Å². The first kappa shape index (κ1) is 11.2. The topological polar surface area (TPSA) is 46.2 Å². The number of hydrogen-bond acceptors (Lipinski definition) is 3.